The molecule has 0 radical (unpaired) electrons. The molecule has 11 heteroatoms. The lowest BCUT2D eigenvalue weighted by Gasteiger charge is -2.40. The summed E-state index contributed by atoms with van der Waals surface area (Å²) >= 11 is 0. The van der Waals surface area contributed by atoms with Crippen LogP contribution < -0.4 is 5.32 Å². The molecule has 1 saturated heterocycles. The number of esters is 1. The molecule has 0 aromatic rings. The Bertz CT molecular complexity index is 1800. The largest absolute Gasteiger partial charge is 0.466 e. The number of rotatable bonds is 75. The molecule has 7 atom stereocenters. The van der Waals surface area contributed by atoms with Crippen molar-refractivity contribution in [1.29, 1.82) is 0 Å². The van der Waals surface area contributed by atoms with Gasteiger partial charge in [0.2, 0.25) is 5.91 Å². The molecule has 1 fully saturated rings. The fourth-order valence-corrected chi connectivity index (χ4v) is 13.3. The van der Waals surface area contributed by atoms with Crippen LogP contribution in [0.1, 0.15) is 412 Å². The molecule has 7 unspecified atom stereocenters. The summed E-state index contributed by atoms with van der Waals surface area (Å²) < 4.78 is 16.8. The summed E-state index contributed by atoms with van der Waals surface area (Å²) in [4.78, 5) is 25.2. The van der Waals surface area contributed by atoms with Gasteiger partial charge in [0.15, 0.2) is 6.29 Å². The molecule has 0 aromatic heterocycles. The lowest BCUT2D eigenvalue weighted by atomic mass is 9.99. The number of ether oxygens (including phenoxy) is 3. The van der Waals surface area contributed by atoms with Gasteiger partial charge in [-0.05, 0) is 96.3 Å². The van der Waals surface area contributed by atoms with E-state index in [0.29, 0.717) is 19.4 Å². The number of aliphatic hydroxyl groups is 5. The van der Waals surface area contributed by atoms with Crippen molar-refractivity contribution in [3.8, 4) is 0 Å². The Labute approximate surface area is 598 Å². The Balaban J connectivity index is 1.89. The minimum Gasteiger partial charge on any atom is -0.466 e. The van der Waals surface area contributed by atoms with Crippen LogP contribution in [-0.2, 0) is 23.8 Å². The number of unbranched alkanes of at least 4 members (excludes halogenated alkanes) is 53. The number of aliphatic hydroxyl groups excluding tert-OH is 5. The first-order valence-corrected chi connectivity index (χ1v) is 42.1. The Morgan fingerprint density at radius 3 is 1.06 bits per heavy atom. The molecule has 1 amide bonds. The SMILES string of the molecule is CCCCC/C=C\C/C=C\CCCCCCCCCC(=O)OCCCCCCCCCCCCCCCCC/C=C\C/C=C\CCCCCCCCCCCCCCCCCCCC(=O)NC(COC1OC(CO)C(O)C(O)C1O)C(O)/C=C/CCCCCCCCCCCCC. The quantitative estimate of drug-likeness (QED) is 0.0195. The highest BCUT2D eigenvalue weighted by atomic mass is 16.7. The molecule has 6 N–H and O–H groups in total. The third kappa shape index (κ3) is 62.8. The van der Waals surface area contributed by atoms with E-state index in [2.05, 4.69) is 67.8 Å². The first kappa shape index (κ1) is 92.4. The van der Waals surface area contributed by atoms with Crippen molar-refractivity contribution in [3.05, 3.63) is 60.8 Å². The third-order valence-electron chi connectivity index (χ3n) is 19.8. The van der Waals surface area contributed by atoms with Crippen LogP contribution in [0.4, 0.5) is 0 Å². The van der Waals surface area contributed by atoms with Crippen molar-refractivity contribution in [2.24, 2.45) is 0 Å². The normalized spacial score (nSPS) is 17.5. The second-order valence-electron chi connectivity index (χ2n) is 29.2. The summed E-state index contributed by atoms with van der Waals surface area (Å²) in [5.74, 6) is -0.169. The average molecular weight is 1370 g/mol. The number of allylic oxidation sites excluding steroid dienone is 9. The second kappa shape index (κ2) is 74.5. The van der Waals surface area contributed by atoms with Crippen molar-refractivity contribution in [1.82, 2.24) is 5.32 Å². The fourth-order valence-electron chi connectivity index (χ4n) is 13.3. The predicted octanol–water partition coefficient (Wildman–Crippen LogP) is 23.2. The predicted molar refractivity (Wildman–Crippen MR) is 412 cm³/mol. The van der Waals surface area contributed by atoms with Gasteiger partial charge in [0.1, 0.15) is 24.4 Å². The van der Waals surface area contributed by atoms with Crippen LogP contribution in [0.15, 0.2) is 60.8 Å². The summed E-state index contributed by atoms with van der Waals surface area (Å²) in [6, 6.07) is -0.808. The van der Waals surface area contributed by atoms with Crippen LogP contribution in [0.2, 0.25) is 0 Å². The monoisotopic (exact) mass is 1370 g/mol. The molecule has 0 aromatic carbocycles. The van der Waals surface area contributed by atoms with Gasteiger partial charge < -0.3 is 45.1 Å². The minimum absolute atomic E-state index is 0.00710. The Kier molecular flexibility index (Phi) is 71.0. The molecule has 568 valence electrons. The zero-order valence-electron chi connectivity index (χ0n) is 63.6. The van der Waals surface area contributed by atoms with Gasteiger partial charge in [0.05, 0.1) is 32.0 Å². The van der Waals surface area contributed by atoms with Crippen LogP contribution >= 0.6 is 0 Å². The van der Waals surface area contributed by atoms with Crippen LogP contribution in [0.25, 0.3) is 0 Å². The number of amides is 1. The van der Waals surface area contributed by atoms with E-state index in [9.17, 15) is 35.1 Å². The third-order valence-corrected chi connectivity index (χ3v) is 19.8. The Morgan fingerprint density at radius 2 is 0.691 bits per heavy atom. The highest BCUT2D eigenvalue weighted by molar-refractivity contribution is 5.76. The van der Waals surface area contributed by atoms with E-state index in [1.807, 2.05) is 6.08 Å². The summed E-state index contributed by atoms with van der Waals surface area (Å²) in [6.45, 7) is 4.36. The van der Waals surface area contributed by atoms with E-state index >= 15 is 0 Å². The van der Waals surface area contributed by atoms with Crippen LogP contribution in [0, 0.1) is 0 Å². The number of hydrogen-bond acceptors (Lipinski definition) is 10. The summed E-state index contributed by atoms with van der Waals surface area (Å²) in [5, 5.41) is 54.6. The van der Waals surface area contributed by atoms with E-state index in [1.54, 1.807) is 6.08 Å². The first-order valence-electron chi connectivity index (χ1n) is 42.1. The summed E-state index contributed by atoms with van der Waals surface area (Å²) in [5.41, 5.74) is 0. The maximum absolute atomic E-state index is 13.1. The molecule has 97 heavy (non-hydrogen) atoms. The van der Waals surface area contributed by atoms with E-state index in [0.717, 1.165) is 70.6 Å². The highest BCUT2D eigenvalue weighted by Gasteiger charge is 2.44. The van der Waals surface area contributed by atoms with E-state index in [4.69, 9.17) is 14.2 Å². The van der Waals surface area contributed by atoms with E-state index < -0.39 is 49.5 Å². The van der Waals surface area contributed by atoms with Crippen molar-refractivity contribution in [2.45, 2.75) is 455 Å². The van der Waals surface area contributed by atoms with Crippen LogP contribution in [-0.4, -0.2) is 100 Å². The van der Waals surface area contributed by atoms with Gasteiger partial charge in [-0.25, -0.2) is 0 Å². The summed E-state index contributed by atoms with van der Waals surface area (Å²) in [6.07, 6.45) is 91.2. The molecule has 0 saturated carbocycles. The highest BCUT2D eigenvalue weighted by Crippen LogP contribution is 2.24. The van der Waals surface area contributed by atoms with Crippen molar-refractivity contribution in [3.63, 3.8) is 0 Å². The number of nitrogens with one attached hydrogen (secondary N) is 1. The van der Waals surface area contributed by atoms with Gasteiger partial charge in [-0.1, -0.05) is 364 Å². The van der Waals surface area contributed by atoms with Crippen molar-refractivity contribution < 1.29 is 49.3 Å². The minimum atomic E-state index is -1.57. The molecular formula is C86H159NO10. The van der Waals surface area contributed by atoms with Crippen LogP contribution in [0.3, 0.4) is 0 Å². The lowest BCUT2D eigenvalue weighted by molar-refractivity contribution is -0.302. The van der Waals surface area contributed by atoms with Gasteiger partial charge >= 0.3 is 5.97 Å². The smallest absolute Gasteiger partial charge is 0.305 e. The van der Waals surface area contributed by atoms with Gasteiger partial charge in [0.25, 0.3) is 0 Å². The lowest BCUT2D eigenvalue weighted by Crippen LogP contribution is -2.60. The molecule has 1 rings (SSSR count). The zero-order chi connectivity index (χ0) is 70.1. The first-order chi connectivity index (χ1) is 47.7. The van der Waals surface area contributed by atoms with Crippen molar-refractivity contribution in [2.75, 3.05) is 19.8 Å². The van der Waals surface area contributed by atoms with Gasteiger partial charge in [0, 0.05) is 12.8 Å². The number of hydrogen-bond donors (Lipinski definition) is 6. The molecular weight excluding hydrogens is 1210 g/mol. The topological polar surface area (TPSA) is 175 Å². The van der Waals surface area contributed by atoms with E-state index in [-0.39, 0.29) is 18.5 Å². The van der Waals surface area contributed by atoms with Crippen LogP contribution in [0.5, 0.6) is 0 Å². The molecule has 1 aliphatic heterocycles. The van der Waals surface area contributed by atoms with Gasteiger partial charge in [-0.2, -0.15) is 0 Å². The Morgan fingerprint density at radius 1 is 0.381 bits per heavy atom. The standard InChI is InChI=1S/C86H159NO10/c1-3-5-7-9-11-13-15-17-18-42-46-50-54-58-62-66-70-74-82(91)95-75-71-67-63-59-55-51-47-44-41-39-37-35-33-31-29-27-25-23-21-19-20-22-24-26-28-30-32-34-36-38-40-43-45-49-53-57-61-65-69-73-81(90)87-78(77-96-86-85(94)84(93)83(92)80(76-88)97-86)79(89)72-68-64-60-56-52-48-16-14-12-10-8-6-4-2/h11,13,17-20,23,25,68,72,78-80,83-86,88-89,92-94H,3-10,12,14-16,21-22,24,26-67,69-71,73-77H2,1-2H3,(H,87,90)/b13-11-,18-17-,20-19-,25-23-,72-68+. The molecule has 1 aliphatic rings. The summed E-state index contributed by atoms with van der Waals surface area (Å²) in [7, 11) is 0. The molecule has 1 heterocycles. The number of carbonyl (C=O) groups excluding carboxylic acids is 2. The molecule has 0 aliphatic carbocycles. The Hall–Kier alpha value is -2.64. The second-order valence-corrected chi connectivity index (χ2v) is 29.2. The molecule has 0 bridgehead atoms. The number of carbonyl (C=O) groups is 2. The van der Waals surface area contributed by atoms with Crippen molar-refractivity contribution >= 4 is 11.9 Å². The molecule has 0 spiro atoms. The van der Waals surface area contributed by atoms with Gasteiger partial charge in [-0.3, -0.25) is 9.59 Å². The van der Waals surface area contributed by atoms with E-state index in [1.165, 1.54) is 315 Å². The zero-order valence-corrected chi connectivity index (χ0v) is 63.6. The molecule has 11 nitrogen and oxygen atoms in total. The maximum atomic E-state index is 13.1. The maximum Gasteiger partial charge on any atom is 0.305 e. The van der Waals surface area contributed by atoms with Gasteiger partial charge in [-0.15, -0.1) is 0 Å². The fraction of sp³-hybridized carbons (Fsp3) is 0.860. The average Bonchev–Trinajstić information content (AvgIpc) is 0.877.